The van der Waals surface area contributed by atoms with E-state index in [1.807, 2.05) is 13.0 Å². The molecule has 2 rings (SSSR count). The molecule has 112 valence electrons. The summed E-state index contributed by atoms with van der Waals surface area (Å²) in [5, 5.41) is 3.14. The zero-order valence-corrected chi connectivity index (χ0v) is 12.9. The first kappa shape index (κ1) is 15.2. The number of aryl methyl sites for hydroxylation is 1. The van der Waals surface area contributed by atoms with Crippen LogP contribution in [0.25, 0.3) is 0 Å². The number of nitrogens with zero attached hydrogens (tertiary/aromatic N) is 3. The van der Waals surface area contributed by atoms with Gasteiger partial charge in [-0.05, 0) is 32.9 Å². The van der Waals surface area contributed by atoms with E-state index < -0.39 is 0 Å². The van der Waals surface area contributed by atoms with Gasteiger partial charge in [0.15, 0.2) is 0 Å². The average Bonchev–Trinajstić information content (AvgIpc) is 2.87. The van der Waals surface area contributed by atoms with Gasteiger partial charge in [0, 0.05) is 4.88 Å². The third-order valence-corrected chi connectivity index (χ3v) is 3.89. The molecule has 0 bridgehead atoms. The Labute approximate surface area is 126 Å². The normalized spacial score (nSPS) is 12.0. The predicted molar refractivity (Wildman–Crippen MR) is 81.3 cm³/mol. The van der Waals surface area contributed by atoms with Gasteiger partial charge in [-0.25, -0.2) is 4.79 Å². The van der Waals surface area contributed by atoms with Crippen LogP contribution in [0.1, 0.15) is 40.3 Å². The second kappa shape index (κ2) is 6.49. The Hall–Kier alpha value is -2.22. The summed E-state index contributed by atoms with van der Waals surface area (Å²) >= 11 is 1.38. The maximum absolute atomic E-state index is 11.6. The van der Waals surface area contributed by atoms with Crippen LogP contribution >= 0.6 is 11.3 Å². The third-order valence-electron chi connectivity index (χ3n) is 2.64. The molecule has 0 saturated carbocycles. The highest BCUT2D eigenvalue weighted by Gasteiger charge is 2.15. The molecule has 0 spiro atoms. The minimum absolute atomic E-state index is 0.0561. The number of nitrogen functional groups attached to an aromatic ring is 1. The molecule has 2 heterocycles. The van der Waals surface area contributed by atoms with E-state index in [1.165, 1.54) is 11.3 Å². The Morgan fingerprint density at radius 1 is 1.43 bits per heavy atom. The van der Waals surface area contributed by atoms with E-state index in [2.05, 4.69) is 20.3 Å². The van der Waals surface area contributed by atoms with Gasteiger partial charge < -0.3 is 15.8 Å². The summed E-state index contributed by atoms with van der Waals surface area (Å²) in [5.74, 6) is 0.839. The molecule has 8 heteroatoms. The Kier molecular flexibility index (Phi) is 4.69. The number of nitrogens with two attached hydrogens (primary N) is 1. The lowest BCUT2D eigenvalue weighted by Gasteiger charge is -2.12. The molecular formula is C13H17N5O2S. The minimum Gasteiger partial charge on any atom is -0.462 e. The van der Waals surface area contributed by atoms with Gasteiger partial charge in [0.05, 0.1) is 12.6 Å². The van der Waals surface area contributed by atoms with E-state index in [0.717, 1.165) is 4.88 Å². The van der Waals surface area contributed by atoms with Gasteiger partial charge in [-0.3, -0.25) is 0 Å². The van der Waals surface area contributed by atoms with Crippen LogP contribution in [0.3, 0.4) is 0 Å². The molecule has 7 nitrogen and oxygen atoms in total. The molecule has 21 heavy (non-hydrogen) atoms. The topological polar surface area (TPSA) is 103 Å². The molecule has 1 unspecified atom stereocenters. The van der Waals surface area contributed by atoms with Crippen LogP contribution in [0.5, 0.6) is 0 Å². The maximum Gasteiger partial charge on any atom is 0.348 e. The van der Waals surface area contributed by atoms with E-state index in [9.17, 15) is 4.79 Å². The lowest BCUT2D eigenvalue weighted by atomic mass is 10.3. The van der Waals surface area contributed by atoms with Gasteiger partial charge in [0.1, 0.15) is 10.7 Å². The fraction of sp³-hybridized carbons (Fsp3) is 0.385. The van der Waals surface area contributed by atoms with Crippen LogP contribution in [0.2, 0.25) is 0 Å². The Balaban J connectivity index is 2.09. The van der Waals surface area contributed by atoms with Crippen LogP contribution in [-0.4, -0.2) is 27.5 Å². The van der Waals surface area contributed by atoms with Gasteiger partial charge in [-0.1, -0.05) is 0 Å². The minimum atomic E-state index is -0.304. The lowest BCUT2D eigenvalue weighted by Crippen LogP contribution is -2.11. The Bertz CT molecular complexity index is 623. The Morgan fingerprint density at radius 3 is 2.86 bits per heavy atom. The quantitative estimate of drug-likeness (QED) is 0.816. The second-order valence-corrected chi connectivity index (χ2v) is 5.47. The SMILES string of the molecule is CCOC(=O)c1ccc(C(C)Nc2nc(C)nc(N)n2)s1. The summed E-state index contributed by atoms with van der Waals surface area (Å²) in [6, 6.07) is 3.58. The number of aromatic nitrogens is 3. The van der Waals surface area contributed by atoms with Crippen LogP contribution in [0.4, 0.5) is 11.9 Å². The molecule has 0 amide bonds. The predicted octanol–water partition coefficient (Wildman–Crippen LogP) is 2.17. The van der Waals surface area contributed by atoms with E-state index >= 15 is 0 Å². The molecule has 0 fully saturated rings. The number of esters is 1. The smallest absolute Gasteiger partial charge is 0.348 e. The molecular weight excluding hydrogens is 290 g/mol. The molecule has 3 N–H and O–H groups in total. The van der Waals surface area contributed by atoms with E-state index in [-0.39, 0.29) is 18.0 Å². The number of ether oxygens (including phenoxy) is 1. The number of thiophene rings is 1. The zero-order valence-electron chi connectivity index (χ0n) is 12.1. The zero-order chi connectivity index (χ0) is 15.4. The molecule has 2 aromatic rings. The van der Waals surface area contributed by atoms with Crippen molar-refractivity contribution in [1.29, 1.82) is 0 Å². The number of rotatable bonds is 5. The molecule has 0 radical (unpaired) electrons. The first-order valence-electron chi connectivity index (χ1n) is 6.51. The maximum atomic E-state index is 11.6. The molecule has 0 aliphatic rings. The van der Waals surface area contributed by atoms with Crippen molar-refractivity contribution in [3.8, 4) is 0 Å². The number of hydrogen-bond acceptors (Lipinski definition) is 8. The molecule has 0 saturated heterocycles. The van der Waals surface area contributed by atoms with Gasteiger partial charge in [0.25, 0.3) is 0 Å². The molecule has 0 aliphatic carbocycles. The number of carbonyl (C=O) groups excluding carboxylic acids is 1. The van der Waals surface area contributed by atoms with Crippen LogP contribution < -0.4 is 11.1 Å². The average molecular weight is 307 g/mol. The van der Waals surface area contributed by atoms with E-state index in [0.29, 0.717) is 23.3 Å². The molecule has 0 aliphatic heterocycles. The van der Waals surface area contributed by atoms with Crippen molar-refractivity contribution in [2.45, 2.75) is 26.8 Å². The monoisotopic (exact) mass is 307 g/mol. The van der Waals surface area contributed by atoms with Gasteiger partial charge >= 0.3 is 5.97 Å². The fourth-order valence-electron chi connectivity index (χ4n) is 1.73. The Morgan fingerprint density at radius 2 is 2.19 bits per heavy atom. The summed E-state index contributed by atoms with van der Waals surface area (Å²) < 4.78 is 4.97. The highest BCUT2D eigenvalue weighted by molar-refractivity contribution is 7.14. The van der Waals surface area contributed by atoms with Crippen molar-refractivity contribution >= 4 is 29.2 Å². The van der Waals surface area contributed by atoms with Crippen molar-refractivity contribution in [2.75, 3.05) is 17.7 Å². The first-order chi connectivity index (χ1) is 9.99. The number of nitrogens with one attached hydrogen (secondary N) is 1. The van der Waals surface area contributed by atoms with Crippen LogP contribution in [0, 0.1) is 6.92 Å². The molecule has 2 aromatic heterocycles. The molecule has 0 aromatic carbocycles. The summed E-state index contributed by atoms with van der Waals surface area (Å²) in [6.07, 6.45) is 0. The number of anilines is 2. The summed E-state index contributed by atoms with van der Waals surface area (Å²) in [5.41, 5.74) is 5.59. The highest BCUT2D eigenvalue weighted by atomic mass is 32.1. The third kappa shape index (κ3) is 3.88. The summed E-state index contributed by atoms with van der Waals surface area (Å²) in [7, 11) is 0. The molecule has 1 atom stereocenters. The van der Waals surface area contributed by atoms with E-state index in [4.69, 9.17) is 10.5 Å². The summed E-state index contributed by atoms with van der Waals surface area (Å²) in [6.45, 7) is 5.85. The largest absolute Gasteiger partial charge is 0.462 e. The highest BCUT2D eigenvalue weighted by Crippen LogP contribution is 2.26. The van der Waals surface area contributed by atoms with Crippen molar-refractivity contribution in [2.24, 2.45) is 0 Å². The second-order valence-electron chi connectivity index (χ2n) is 4.35. The standard InChI is InChI=1S/C13H17N5O2S/c1-4-20-11(19)10-6-5-9(21-10)7(2)15-13-17-8(3)16-12(14)18-13/h5-7H,4H2,1-3H3,(H3,14,15,16,17,18). The van der Waals surface area contributed by atoms with Crippen molar-refractivity contribution in [3.63, 3.8) is 0 Å². The van der Waals surface area contributed by atoms with Crippen molar-refractivity contribution in [1.82, 2.24) is 15.0 Å². The number of hydrogen-bond donors (Lipinski definition) is 2. The lowest BCUT2D eigenvalue weighted by molar-refractivity contribution is 0.0532. The van der Waals surface area contributed by atoms with Gasteiger partial charge in [-0.15, -0.1) is 11.3 Å². The van der Waals surface area contributed by atoms with Crippen LogP contribution in [0.15, 0.2) is 12.1 Å². The van der Waals surface area contributed by atoms with Gasteiger partial charge in [-0.2, -0.15) is 15.0 Å². The van der Waals surface area contributed by atoms with Gasteiger partial charge in [0.2, 0.25) is 11.9 Å². The van der Waals surface area contributed by atoms with Crippen molar-refractivity contribution in [3.05, 3.63) is 27.7 Å². The fourth-order valence-corrected chi connectivity index (χ4v) is 2.63. The first-order valence-corrected chi connectivity index (χ1v) is 7.32. The van der Waals surface area contributed by atoms with E-state index in [1.54, 1.807) is 19.9 Å². The number of carbonyl (C=O) groups is 1. The summed E-state index contributed by atoms with van der Waals surface area (Å²) in [4.78, 5) is 25.3. The van der Waals surface area contributed by atoms with Crippen LogP contribution in [-0.2, 0) is 4.74 Å². The van der Waals surface area contributed by atoms with Crippen molar-refractivity contribution < 1.29 is 9.53 Å².